The molecule has 0 saturated carbocycles. The van der Waals surface area contributed by atoms with Crippen LogP contribution in [0.4, 0.5) is 0 Å². The van der Waals surface area contributed by atoms with Crippen LogP contribution in [0, 0.1) is 6.92 Å². The third-order valence-corrected chi connectivity index (χ3v) is 6.04. The average molecular weight is 366 g/mol. The van der Waals surface area contributed by atoms with Crippen LogP contribution in [-0.2, 0) is 22.9 Å². The molecule has 0 saturated heterocycles. The van der Waals surface area contributed by atoms with Gasteiger partial charge in [0.1, 0.15) is 0 Å². The Labute approximate surface area is 152 Å². The van der Waals surface area contributed by atoms with Gasteiger partial charge in [0.2, 0.25) is 0 Å². The van der Waals surface area contributed by atoms with E-state index >= 15 is 0 Å². The van der Waals surface area contributed by atoms with Gasteiger partial charge in [-0.25, -0.2) is 8.42 Å². The Bertz CT molecular complexity index is 1110. The minimum Gasteiger partial charge on any atom is -0.273 e. The summed E-state index contributed by atoms with van der Waals surface area (Å²) in [5.74, 6) is -0.500. The molecule has 0 bridgehead atoms. The van der Waals surface area contributed by atoms with Gasteiger partial charge < -0.3 is 0 Å². The minimum atomic E-state index is -3.89. The van der Waals surface area contributed by atoms with Crippen LogP contribution >= 0.6 is 0 Å². The maximum atomic E-state index is 12.8. The molecule has 0 atom stereocenters. The van der Waals surface area contributed by atoms with Gasteiger partial charge in [-0.15, -0.1) is 4.83 Å². The Morgan fingerprint density at radius 2 is 1.62 bits per heavy atom. The van der Waals surface area contributed by atoms with Gasteiger partial charge in [0.25, 0.3) is 15.9 Å². The van der Waals surface area contributed by atoms with Gasteiger partial charge in [-0.2, -0.15) is 0 Å². The molecule has 0 fully saturated rings. The normalized spacial score (nSPS) is 13.1. The summed E-state index contributed by atoms with van der Waals surface area (Å²) in [5, 5.41) is 1.70. The summed E-state index contributed by atoms with van der Waals surface area (Å²) in [5.41, 5.74) is 6.03. The number of nitrogens with one attached hydrogen (secondary N) is 2. The van der Waals surface area contributed by atoms with Gasteiger partial charge in [0.15, 0.2) is 0 Å². The molecular formula is C20H18N2O3S. The monoisotopic (exact) mass is 366 g/mol. The largest absolute Gasteiger partial charge is 0.273 e. The van der Waals surface area contributed by atoms with Gasteiger partial charge in [0.05, 0.1) is 4.90 Å². The molecule has 0 spiro atoms. The molecule has 3 aromatic carbocycles. The summed E-state index contributed by atoms with van der Waals surface area (Å²) < 4.78 is 25.5. The van der Waals surface area contributed by atoms with Gasteiger partial charge >= 0.3 is 0 Å². The Balaban J connectivity index is 1.63. The Kier molecular flexibility index (Phi) is 4.01. The van der Waals surface area contributed by atoms with Crippen molar-refractivity contribution in [1.82, 2.24) is 10.3 Å². The van der Waals surface area contributed by atoms with Gasteiger partial charge in [0, 0.05) is 10.9 Å². The molecule has 5 nitrogen and oxygen atoms in total. The topological polar surface area (TPSA) is 75.3 Å². The highest BCUT2D eigenvalue weighted by Gasteiger charge is 2.23. The molecule has 0 heterocycles. The van der Waals surface area contributed by atoms with Crippen LogP contribution in [0.25, 0.3) is 10.8 Å². The maximum Gasteiger partial charge on any atom is 0.266 e. The standard InChI is InChI=1S/C20H18N2O3S/c1-13-5-7-16(8-6-13)20(23)21-22-26(24,25)18-12-11-15-10-9-14-3-2-4-17(18)19(14)15/h2-8,11-12,22H,9-10H2,1H3,(H,21,23). The first-order chi connectivity index (χ1) is 12.5. The summed E-state index contributed by atoms with van der Waals surface area (Å²) in [6.07, 6.45) is 1.85. The molecule has 6 heteroatoms. The number of aryl methyl sites for hydroxylation is 3. The maximum absolute atomic E-state index is 12.8. The number of carbonyl (C=O) groups is 1. The van der Waals surface area contributed by atoms with E-state index in [0.29, 0.717) is 10.9 Å². The summed E-state index contributed by atoms with van der Waals surface area (Å²) >= 11 is 0. The first-order valence-electron chi connectivity index (χ1n) is 8.38. The van der Waals surface area contributed by atoms with Crippen molar-refractivity contribution in [2.75, 3.05) is 0 Å². The number of rotatable bonds is 4. The van der Waals surface area contributed by atoms with Crippen LogP contribution < -0.4 is 10.3 Å². The molecule has 1 aliphatic rings. The quantitative estimate of drug-likeness (QED) is 0.697. The highest BCUT2D eigenvalue weighted by molar-refractivity contribution is 7.89. The Hall–Kier alpha value is -2.70. The fraction of sp³-hybridized carbons (Fsp3) is 0.150. The van der Waals surface area contributed by atoms with Crippen LogP contribution in [0.1, 0.15) is 27.0 Å². The van der Waals surface area contributed by atoms with Crippen molar-refractivity contribution in [2.45, 2.75) is 24.7 Å². The second-order valence-electron chi connectivity index (χ2n) is 6.49. The number of sulfonamides is 1. The predicted octanol–water partition coefficient (Wildman–Crippen LogP) is 2.87. The van der Waals surface area contributed by atoms with Crippen molar-refractivity contribution >= 4 is 26.7 Å². The second kappa shape index (κ2) is 6.23. The highest BCUT2D eigenvalue weighted by Crippen LogP contribution is 2.34. The molecule has 26 heavy (non-hydrogen) atoms. The van der Waals surface area contributed by atoms with E-state index in [-0.39, 0.29) is 4.90 Å². The molecule has 1 aliphatic carbocycles. The summed E-state index contributed by atoms with van der Waals surface area (Å²) in [7, 11) is -3.89. The van der Waals surface area contributed by atoms with E-state index in [1.54, 1.807) is 30.3 Å². The molecule has 132 valence electrons. The average Bonchev–Trinajstić information content (AvgIpc) is 3.06. The van der Waals surface area contributed by atoms with Gasteiger partial charge in [-0.1, -0.05) is 42.0 Å². The summed E-state index contributed by atoms with van der Waals surface area (Å²) in [6.45, 7) is 1.92. The molecular weight excluding hydrogens is 348 g/mol. The lowest BCUT2D eigenvalue weighted by molar-refractivity contribution is 0.0945. The molecule has 4 rings (SSSR count). The third-order valence-electron chi connectivity index (χ3n) is 4.74. The lowest BCUT2D eigenvalue weighted by atomic mass is 10.1. The lowest BCUT2D eigenvalue weighted by Gasteiger charge is -2.12. The lowest BCUT2D eigenvalue weighted by Crippen LogP contribution is -2.41. The smallest absolute Gasteiger partial charge is 0.266 e. The van der Waals surface area contributed by atoms with Crippen molar-refractivity contribution < 1.29 is 13.2 Å². The van der Waals surface area contributed by atoms with E-state index in [0.717, 1.165) is 23.8 Å². The number of hydrogen-bond acceptors (Lipinski definition) is 3. The Morgan fingerprint density at radius 1 is 0.923 bits per heavy atom. The second-order valence-corrected chi connectivity index (χ2v) is 8.14. The van der Waals surface area contributed by atoms with Crippen molar-refractivity contribution in [1.29, 1.82) is 0 Å². The fourth-order valence-corrected chi connectivity index (χ4v) is 4.44. The SMILES string of the molecule is Cc1ccc(C(=O)NNS(=O)(=O)c2ccc3c4c(cccc24)CC3)cc1. The molecule has 0 radical (unpaired) electrons. The van der Waals surface area contributed by atoms with Crippen molar-refractivity contribution in [3.63, 3.8) is 0 Å². The summed E-state index contributed by atoms with van der Waals surface area (Å²) in [6, 6.07) is 16.1. The van der Waals surface area contributed by atoms with Crippen molar-refractivity contribution in [3.05, 3.63) is 76.9 Å². The van der Waals surface area contributed by atoms with E-state index in [1.807, 2.05) is 31.2 Å². The van der Waals surface area contributed by atoms with Crippen LogP contribution in [0.5, 0.6) is 0 Å². The zero-order valence-corrected chi connectivity index (χ0v) is 15.1. The predicted molar refractivity (Wildman–Crippen MR) is 100 cm³/mol. The van der Waals surface area contributed by atoms with E-state index in [9.17, 15) is 13.2 Å². The highest BCUT2D eigenvalue weighted by atomic mass is 32.2. The van der Waals surface area contributed by atoms with Crippen molar-refractivity contribution in [2.24, 2.45) is 0 Å². The first kappa shape index (κ1) is 16.8. The first-order valence-corrected chi connectivity index (χ1v) is 9.86. The number of benzene rings is 3. The summed E-state index contributed by atoms with van der Waals surface area (Å²) in [4.78, 5) is 14.6. The molecule has 3 aromatic rings. The third kappa shape index (κ3) is 2.87. The molecule has 1 amide bonds. The molecule has 0 unspecified atom stereocenters. The zero-order chi connectivity index (χ0) is 18.3. The number of hydrazine groups is 1. The van der Waals surface area contributed by atoms with Gasteiger partial charge in [-0.3, -0.25) is 10.2 Å². The van der Waals surface area contributed by atoms with Crippen molar-refractivity contribution in [3.8, 4) is 0 Å². The van der Waals surface area contributed by atoms with E-state index in [1.165, 1.54) is 11.1 Å². The van der Waals surface area contributed by atoms with Gasteiger partial charge in [-0.05, 0) is 54.5 Å². The molecule has 0 aromatic heterocycles. The molecule has 2 N–H and O–H groups in total. The molecule has 0 aliphatic heterocycles. The fourth-order valence-electron chi connectivity index (χ4n) is 3.40. The van der Waals surface area contributed by atoms with E-state index in [2.05, 4.69) is 10.3 Å². The number of amides is 1. The van der Waals surface area contributed by atoms with Crippen LogP contribution in [0.15, 0.2) is 59.5 Å². The van der Waals surface area contributed by atoms with Crippen LogP contribution in [0.2, 0.25) is 0 Å². The van der Waals surface area contributed by atoms with E-state index < -0.39 is 15.9 Å². The van der Waals surface area contributed by atoms with Crippen LogP contribution in [0.3, 0.4) is 0 Å². The minimum absolute atomic E-state index is 0.171. The van der Waals surface area contributed by atoms with E-state index in [4.69, 9.17) is 0 Å². The number of hydrogen-bond donors (Lipinski definition) is 2. The van der Waals surface area contributed by atoms with Crippen LogP contribution in [-0.4, -0.2) is 14.3 Å². The Morgan fingerprint density at radius 3 is 2.35 bits per heavy atom. The zero-order valence-electron chi connectivity index (χ0n) is 14.2. The number of carbonyl (C=O) groups excluding carboxylic acids is 1.